The highest BCUT2D eigenvalue weighted by Crippen LogP contribution is 2.29. The molecule has 1 heterocycles. The molecule has 1 N–H and O–H groups in total. The van der Waals surface area contributed by atoms with Gasteiger partial charge in [-0.3, -0.25) is 9.59 Å². The molecule has 30 heavy (non-hydrogen) atoms. The molecule has 158 valence electrons. The quantitative estimate of drug-likeness (QED) is 0.753. The summed E-state index contributed by atoms with van der Waals surface area (Å²) >= 11 is 0. The number of halogens is 1. The van der Waals surface area contributed by atoms with Crippen molar-refractivity contribution < 1.29 is 18.7 Å². The first kappa shape index (κ1) is 20.4. The van der Waals surface area contributed by atoms with Crippen molar-refractivity contribution in [3.63, 3.8) is 0 Å². The third kappa shape index (κ3) is 4.81. The molecule has 1 saturated carbocycles. The van der Waals surface area contributed by atoms with E-state index in [1.165, 1.54) is 18.9 Å². The molecule has 5 nitrogen and oxygen atoms in total. The Morgan fingerprint density at radius 3 is 2.57 bits per heavy atom. The number of likely N-dealkylation sites (tertiary alicyclic amines) is 1. The summed E-state index contributed by atoms with van der Waals surface area (Å²) in [5.74, 6) is 0.499. The highest BCUT2D eigenvalue weighted by Gasteiger charge is 2.35. The van der Waals surface area contributed by atoms with E-state index < -0.39 is 0 Å². The van der Waals surface area contributed by atoms with Crippen molar-refractivity contribution >= 4 is 11.8 Å². The van der Waals surface area contributed by atoms with E-state index in [0.717, 1.165) is 19.4 Å². The Labute approximate surface area is 176 Å². The summed E-state index contributed by atoms with van der Waals surface area (Å²) in [7, 11) is 0. The topological polar surface area (TPSA) is 58.6 Å². The first-order valence-corrected chi connectivity index (χ1v) is 10.6. The van der Waals surface area contributed by atoms with Crippen LogP contribution in [0.3, 0.4) is 0 Å². The van der Waals surface area contributed by atoms with Gasteiger partial charge in [0, 0.05) is 42.6 Å². The van der Waals surface area contributed by atoms with Crippen LogP contribution in [-0.2, 0) is 11.4 Å². The zero-order valence-corrected chi connectivity index (χ0v) is 17.0. The number of carbonyl (C=O) groups is 2. The van der Waals surface area contributed by atoms with Crippen molar-refractivity contribution in [2.24, 2.45) is 5.92 Å². The molecule has 1 atom stereocenters. The number of rotatable bonds is 7. The largest absolute Gasteiger partial charge is 0.489 e. The maximum absolute atomic E-state index is 13.7. The minimum Gasteiger partial charge on any atom is -0.489 e. The number of hydrogen-bond donors (Lipinski definition) is 1. The van der Waals surface area contributed by atoms with Crippen LogP contribution in [0.25, 0.3) is 0 Å². The van der Waals surface area contributed by atoms with Crippen molar-refractivity contribution in [2.75, 3.05) is 13.1 Å². The fraction of sp³-hybridized carbons (Fsp3) is 0.417. The van der Waals surface area contributed by atoms with Crippen LogP contribution in [0.2, 0.25) is 0 Å². The van der Waals surface area contributed by atoms with Gasteiger partial charge < -0.3 is 15.0 Å². The summed E-state index contributed by atoms with van der Waals surface area (Å²) in [6, 6.07) is 13.7. The van der Waals surface area contributed by atoms with Crippen molar-refractivity contribution in [2.45, 2.75) is 44.8 Å². The fourth-order valence-corrected chi connectivity index (χ4v) is 4.33. The molecule has 2 amide bonds. The molecule has 2 aromatic carbocycles. The molecule has 2 aromatic rings. The number of nitrogens with one attached hydrogen (secondary N) is 1. The first-order chi connectivity index (χ1) is 14.6. The molecule has 6 heteroatoms. The lowest BCUT2D eigenvalue weighted by molar-refractivity contribution is -0.129. The summed E-state index contributed by atoms with van der Waals surface area (Å²) in [4.78, 5) is 26.8. The average molecular weight is 410 g/mol. The van der Waals surface area contributed by atoms with Crippen LogP contribution < -0.4 is 10.1 Å². The Balaban J connectivity index is 1.25. The highest BCUT2D eigenvalue weighted by molar-refractivity contribution is 5.94. The number of nitrogens with zero attached hydrogens (tertiary/aromatic N) is 1. The Bertz CT molecular complexity index is 894. The van der Waals surface area contributed by atoms with Gasteiger partial charge >= 0.3 is 0 Å². The van der Waals surface area contributed by atoms with Crippen LogP contribution in [0.15, 0.2) is 48.5 Å². The Kier molecular flexibility index (Phi) is 6.31. The number of ether oxygens (including phenoxy) is 1. The van der Waals surface area contributed by atoms with E-state index in [9.17, 15) is 14.0 Å². The van der Waals surface area contributed by atoms with E-state index in [-0.39, 0.29) is 30.2 Å². The smallest absolute Gasteiger partial charge is 0.251 e. The summed E-state index contributed by atoms with van der Waals surface area (Å²) in [6.45, 7) is 1.37. The predicted octanol–water partition coefficient (Wildman–Crippen LogP) is 3.93. The molecular formula is C24H27FN2O3. The lowest BCUT2D eigenvalue weighted by Crippen LogP contribution is -2.36. The standard InChI is InChI=1S/C24H27FN2O3/c25-22-8-4-1-5-19(22)16-30-21-11-9-18(10-12-21)24(29)26-14-17-13-23(28)27(15-17)20-6-2-3-7-20/h1,4-5,8-12,17,20H,2-3,6-7,13-16H2,(H,26,29). The van der Waals surface area contributed by atoms with Crippen LogP contribution in [0.1, 0.15) is 48.0 Å². The third-order valence-corrected chi connectivity index (χ3v) is 6.02. The lowest BCUT2D eigenvalue weighted by Gasteiger charge is -2.24. The molecule has 0 aromatic heterocycles. The van der Waals surface area contributed by atoms with Gasteiger partial charge in [-0.25, -0.2) is 4.39 Å². The van der Waals surface area contributed by atoms with Gasteiger partial charge in [0.15, 0.2) is 0 Å². The van der Waals surface area contributed by atoms with Crippen LogP contribution in [0.4, 0.5) is 4.39 Å². The van der Waals surface area contributed by atoms with Crippen molar-refractivity contribution in [3.8, 4) is 5.75 Å². The van der Waals surface area contributed by atoms with E-state index >= 15 is 0 Å². The molecular weight excluding hydrogens is 383 g/mol. The van der Waals surface area contributed by atoms with Crippen molar-refractivity contribution in [1.29, 1.82) is 0 Å². The minimum absolute atomic E-state index is 0.130. The SMILES string of the molecule is O=C(NCC1CC(=O)N(C2CCCC2)C1)c1ccc(OCc2ccccc2F)cc1. The van der Waals surface area contributed by atoms with Gasteiger partial charge in [0.2, 0.25) is 5.91 Å². The van der Waals surface area contributed by atoms with E-state index in [2.05, 4.69) is 5.32 Å². The molecule has 4 rings (SSSR count). The van der Waals surface area contributed by atoms with Crippen LogP contribution >= 0.6 is 0 Å². The number of amides is 2. The Morgan fingerprint density at radius 1 is 1.10 bits per heavy atom. The highest BCUT2D eigenvalue weighted by atomic mass is 19.1. The van der Waals surface area contributed by atoms with Crippen LogP contribution in [0.5, 0.6) is 5.75 Å². The van der Waals surface area contributed by atoms with Gasteiger partial charge in [-0.2, -0.15) is 0 Å². The molecule has 1 unspecified atom stereocenters. The molecule has 2 aliphatic rings. The third-order valence-electron chi connectivity index (χ3n) is 6.02. The number of hydrogen-bond acceptors (Lipinski definition) is 3. The van der Waals surface area contributed by atoms with E-state index in [1.807, 2.05) is 4.90 Å². The summed E-state index contributed by atoms with van der Waals surface area (Å²) < 4.78 is 19.3. The van der Waals surface area contributed by atoms with Crippen molar-refractivity contribution in [1.82, 2.24) is 10.2 Å². The average Bonchev–Trinajstić information content (AvgIpc) is 3.41. The van der Waals surface area contributed by atoms with Gasteiger partial charge in [-0.05, 0) is 43.2 Å². The minimum atomic E-state index is -0.301. The fourth-order valence-electron chi connectivity index (χ4n) is 4.33. The summed E-state index contributed by atoms with van der Waals surface area (Å²) in [6.07, 6.45) is 5.14. The number of carbonyl (C=O) groups excluding carboxylic acids is 2. The molecule has 0 bridgehead atoms. The molecule has 2 fully saturated rings. The van der Waals surface area contributed by atoms with E-state index in [0.29, 0.717) is 35.9 Å². The predicted molar refractivity (Wildman–Crippen MR) is 112 cm³/mol. The lowest BCUT2D eigenvalue weighted by atomic mass is 10.1. The van der Waals surface area contributed by atoms with E-state index in [1.54, 1.807) is 42.5 Å². The molecule has 0 spiro atoms. The van der Waals surface area contributed by atoms with Crippen molar-refractivity contribution in [3.05, 3.63) is 65.5 Å². The Morgan fingerprint density at radius 2 is 1.83 bits per heavy atom. The zero-order valence-electron chi connectivity index (χ0n) is 17.0. The summed E-state index contributed by atoms with van der Waals surface area (Å²) in [5.41, 5.74) is 1.02. The molecule has 0 radical (unpaired) electrons. The van der Waals surface area contributed by atoms with Gasteiger partial charge in [-0.1, -0.05) is 31.0 Å². The van der Waals surface area contributed by atoms with Gasteiger partial charge in [0.05, 0.1) is 0 Å². The molecule has 1 aliphatic carbocycles. The maximum Gasteiger partial charge on any atom is 0.251 e. The second-order valence-corrected chi connectivity index (χ2v) is 8.17. The van der Waals surface area contributed by atoms with Crippen LogP contribution in [-0.4, -0.2) is 35.8 Å². The first-order valence-electron chi connectivity index (χ1n) is 10.6. The molecule has 1 saturated heterocycles. The Hall–Kier alpha value is -2.89. The van der Waals surface area contributed by atoms with Gasteiger partial charge in [0.25, 0.3) is 5.91 Å². The monoisotopic (exact) mass is 410 g/mol. The summed E-state index contributed by atoms with van der Waals surface area (Å²) in [5, 5.41) is 2.95. The maximum atomic E-state index is 13.7. The van der Waals surface area contributed by atoms with E-state index in [4.69, 9.17) is 4.74 Å². The number of benzene rings is 2. The second-order valence-electron chi connectivity index (χ2n) is 8.17. The molecule has 1 aliphatic heterocycles. The van der Waals surface area contributed by atoms with Gasteiger partial charge in [0.1, 0.15) is 18.2 Å². The second kappa shape index (κ2) is 9.28. The van der Waals surface area contributed by atoms with Gasteiger partial charge in [-0.15, -0.1) is 0 Å². The normalized spacial score (nSPS) is 19.3. The zero-order chi connectivity index (χ0) is 20.9. The van der Waals surface area contributed by atoms with Crippen LogP contribution in [0, 0.1) is 11.7 Å².